The molecule has 3 rings (SSSR count). The van der Waals surface area contributed by atoms with Crippen LogP contribution >= 0.6 is 0 Å². The van der Waals surface area contributed by atoms with Gasteiger partial charge in [-0.15, -0.1) is 0 Å². The average Bonchev–Trinajstić information content (AvgIpc) is 3.02. The zero-order valence-electron chi connectivity index (χ0n) is 25.3. The Morgan fingerprint density at radius 2 is 1.19 bits per heavy atom. The maximum absolute atomic E-state index is 12.8. The second-order valence-electron chi connectivity index (χ2n) is 11.1. The number of benzene rings is 2. The molecule has 0 saturated heterocycles. The maximum atomic E-state index is 12.8. The minimum absolute atomic E-state index is 0.212. The van der Waals surface area contributed by atoms with Crippen molar-refractivity contribution in [2.45, 2.75) is 103 Å². The first-order valence-electron chi connectivity index (χ1n) is 16.0. The molecule has 0 spiro atoms. The predicted octanol–water partition coefficient (Wildman–Crippen LogP) is 7.89. The van der Waals surface area contributed by atoms with E-state index in [1.807, 2.05) is 60.7 Å². The van der Waals surface area contributed by atoms with E-state index >= 15 is 0 Å². The van der Waals surface area contributed by atoms with Gasteiger partial charge in [0.25, 0.3) is 5.91 Å². The van der Waals surface area contributed by atoms with Gasteiger partial charge in [0, 0.05) is 18.1 Å². The van der Waals surface area contributed by atoms with E-state index in [1.165, 1.54) is 63.9 Å². The molecule has 8 heteroatoms. The lowest BCUT2D eigenvalue weighted by Gasteiger charge is -2.14. The number of amides is 1. The summed E-state index contributed by atoms with van der Waals surface area (Å²) in [5, 5.41) is 13.1. The fraction of sp³-hybridized carbons (Fsp3) is 0.486. The Morgan fingerprint density at radius 1 is 0.698 bits per heavy atom. The molecule has 0 aliphatic carbocycles. The minimum Gasteiger partial charge on any atom is -0.481 e. The number of nitrogens with zero attached hydrogens (tertiary/aromatic N) is 2. The van der Waals surface area contributed by atoms with E-state index in [1.54, 1.807) is 4.68 Å². The van der Waals surface area contributed by atoms with Gasteiger partial charge in [0.15, 0.2) is 5.69 Å². The molecule has 232 valence electrons. The summed E-state index contributed by atoms with van der Waals surface area (Å²) >= 11 is 0. The largest absolute Gasteiger partial charge is 0.481 e. The van der Waals surface area contributed by atoms with E-state index in [0.29, 0.717) is 18.7 Å². The Bertz CT molecular complexity index is 1280. The zero-order chi connectivity index (χ0) is 30.5. The molecule has 0 radical (unpaired) electrons. The number of hydrogen-bond acceptors (Lipinski definition) is 5. The molecule has 0 aliphatic heterocycles. The SMILES string of the molecule is O=C(O)CCCCCCCCCCCCCCCCCONC(=O)c1nn(-c2ccccc2)c(-c2ccccc2)cc1=O. The van der Waals surface area contributed by atoms with Gasteiger partial charge in [-0.2, -0.15) is 5.10 Å². The van der Waals surface area contributed by atoms with Gasteiger partial charge in [-0.1, -0.05) is 132 Å². The van der Waals surface area contributed by atoms with Crippen LogP contribution in [0.5, 0.6) is 0 Å². The highest BCUT2D eigenvalue weighted by molar-refractivity contribution is 5.91. The van der Waals surface area contributed by atoms with Crippen molar-refractivity contribution in [3.8, 4) is 16.9 Å². The summed E-state index contributed by atoms with van der Waals surface area (Å²) in [5.41, 5.74) is 3.90. The Hall–Kier alpha value is -3.78. The number of aromatic nitrogens is 2. The number of carbonyl (C=O) groups is 2. The summed E-state index contributed by atoms with van der Waals surface area (Å²) in [4.78, 5) is 41.5. The molecule has 0 atom stereocenters. The van der Waals surface area contributed by atoms with Crippen LogP contribution in [0.1, 0.15) is 113 Å². The van der Waals surface area contributed by atoms with Gasteiger partial charge in [-0.3, -0.25) is 19.2 Å². The molecule has 43 heavy (non-hydrogen) atoms. The van der Waals surface area contributed by atoms with Crippen LogP contribution < -0.4 is 10.9 Å². The standard InChI is InChI=1S/C35H47N3O5/c39-32-28-31(29-22-16-14-17-23-29)38(30-24-18-15-19-25-30)36-34(32)35(42)37-43-27-21-13-11-9-7-5-3-1-2-4-6-8-10-12-20-26-33(40)41/h14-19,22-25,28H,1-13,20-21,26-27H2,(H,37,42)(H,40,41). The third-order valence-electron chi connectivity index (χ3n) is 7.52. The first-order valence-corrected chi connectivity index (χ1v) is 16.0. The Labute approximate surface area is 255 Å². The molecule has 0 saturated carbocycles. The second-order valence-corrected chi connectivity index (χ2v) is 11.1. The zero-order valence-corrected chi connectivity index (χ0v) is 25.3. The molecule has 2 aromatic carbocycles. The van der Waals surface area contributed by atoms with Crippen LogP contribution in [0.2, 0.25) is 0 Å². The molecule has 1 heterocycles. The Kier molecular flexibility index (Phi) is 15.8. The first kappa shape index (κ1) is 33.7. The predicted molar refractivity (Wildman–Crippen MR) is 170 cm³/mol. The molecule has 1 aromatic heterocycles. The van der Waals surface area contributed by atoms with Gasteiger partial charge >= 0.3 is 5.97 Å². The number of unbranched alkanes of at least 4 members (excludes halogenated alkanes) is 14. The number of carbonyl (C=O) groups excluding carboxylic acids is 1. The van der Waals surface area contributed by atoms with Crippen molar-refractivity contribution < 1.29 is 19.5 Å². The van der Waals surface area contributed by atoms with E-state index in [9.17, 15) is 14.4 Å². The Morgan fingerprint density at radius 3 is 1.72 bits per heavy atom. The van der Waals surface area contributed by atoms with Crippen LogP contribution in [0, 0.1) is 0 Å². The van der Waals surface area contributed by atoms with Crippen molar-refractivity contribution >= 4 is 11.9 Å². The summed E-state index contributed by atoms with van der Waals surface area (Å²) in [5.74, 6) is -1.34. The van der Waals surface area contributed by atoms with Crippen LogP contribution in [-0.2, 0) is 9.63 Å². The molecule has 0 aliphatic rings. The number of aliphatic carboxylic acids is 1. The number of para-hydroxylation sites is 1. The van der Waals surface area contributed by atoms with Crippen molar-refractivity contribution in [3.05, 3.63) is 82.6 Å². The number of hydroxylamine groups is 1. The summed E-state index contributed by atoms with van der Waals surface area (Å²) in [6.45, 7) is 0.389. The molecular formula is C35H47N3O5. The number of carboxylic acid groups (broad SMARTS) is 1. The van der Waals surface area contributed by atoms with Crippen molar-refractivity contribution in [1.82, 2.24) is 15.3 Å². The highest BCUT2D eigenvalue weighted by Crippen LogP contribution is 2.21. The number of nitrogens with one attached hydrogen (secondary N) is 1. The molecule has 1 amide bonds. The number of hydrogen-bond donors (Lipinski definition) is 2. The summed E-state index contributed by atoms with van der Waals surface area (Å²) in [7, 11) is 0. The van der Waals surface area contributed by atoms with Crippen LogP contribution in [0.4, 0.5) is 0 Å². The highest BCUT2D eigenvalue weighted by Gasteiger charge is 2.17. The molecule has 3 aromatic rings. The van der Waals surface area contributed by atoms with E-state index in [4.69, 9.17) is 9.94 Å². The van der Waals surface area contributed by atoms with E-state index < -0.39 is 17.3 Å². The molecule has 0 fully saturated rings. The molecule has 0 unspecified atom stereocenters. The number of rotatable bonds is 22. The van der Waals surface area contributed by atoms with Crippen molar-refractivity contribution in [1.29, 1.82) is 0 Å². The van der Waals surface area contributed by atoms with Crippen molar-refractivity contribution in [3.63, 3.8) is 0 Å². The van der Waals surface area contributed by atoms with E-state index in [2.05, 4.69) is 10.6 Å². The highest BCUT2D eigenvalue weighted by atomic mass is 16.6. The van der Waals surface area contributed by atoms with Gasteiger partial charge in [0.1, 0.15) is 0 Å². The monoisotopic (exact) mass is 589 g/mol. The lowest BCUT2D eigenvalue weighted by molar-refractivity contribution is -0.137. The molecule has 2 N–H and O–H groups in total. The van der Waals surface area contributed by atoms with E-state index in [-0.39, 0.29) is 5.69 Å². The maximum Gasteiger partial charge on any atom is 0.303 e. The lowest BCUT2D eigenvalue weighted by Crippen LogP contribution is -2.32. The molecule has 8 nitrogen and oxygen atoms in total. The third kappa shape index (κ3) is 13.0. The normalized spacial score (nSPS) is 11.0. The second kappa shape index (κ2) is 20.2. The van der Waals surface area contributed by atoms with Gasteiger partial charge in [0.05, 0.1) is 18.0 Å². The van der Waals surface area contributed by atoms with Crippen LogP contribution in [0.3, 0.4) is 0 Å². The van der Waals surface area contributed by atoms with Crippen LogP contribution in [0.15, 0.2) is 71.5 Å². The molecule has 0 bridgehead atoms. The summed E-state index contributed by atoms with van der Waals surface area (Å²) in [6.07, 6.45) is 17.7. The smallest absolute Gasteiger partial charge is 0.303 e. The summed E-state index contributed by atoms with van der Waals surface area (Å²) < 4.78 is 1.61. The lowest BCUT2D eigenvalue weighted by atomic mass is 10.0. The fourth-order valence-electron chi connectivity index (χ4n) is 5.11. The van der Waals surface area contributed by atoms with Crippen LogP contribution in [0.25, 0.3) is 16.9 Å². The minimum atomic E-state index is -0.687. The Balaban J connectivity index is 1.26. The quantitative estimate of drug-likeness (QED) is 0.0911. The topological polar surface area (TPSA) is 111 Å². The van der Waals surface area contributed by atoms with E-state index in [0.717, 1.165) is 49.8 Å². The molecular weight excluding hydrogens is 542 g/mol. The van der Waals surface area contributed by atoms with Crippen LogP contribution in [-0.4, -0.2) is 33.4 Å². The first-order chi connectivity index (χ1) is 21.1. The fourth-order valence-corrected chi connectivity index (χ4v) is 5.11. The third-order valence-corrected chi connectivity index (χ3v) is 7.52. The average molecular weight is 590 g/mol. The van der Waals surface area contributed by atoms with Gasteiger partial charge in [-0.25, -0.2) is 10.2 Å². The van der Waals surface area contributed by atoms with Crippen molar-refractivity contribution in [2.75, 3.05) is 6.61 Å². The number of carboxylic acids is 1. The summed E-state index contributed by atoms with van der Waals surface area (Å²) in [6, 6.07) is 20.4. The van der Waals surface area contributed by atoms with Crippen molar-refractivity contribution in [2.24, 2.45) is 0 Å². The van der Waals surface area contributed by atoms with Gasteiger partial charge in [0.2, 0.25) is 5.43 Å². The van der Waals surface area contributed by atoms with Gasteiger partial charge in [-0.05, 0) is 25.0 Å². The van der Waals surface area contributed by atoms with Gasteiger partial charge < -0.3 is 5.11 Å².